The van der Waals surface area contributed by atoms with E-state index in [9.17, 15) is 13.2 Å². The number of ether oxygens (including phenoxy) is 1. The zero-order chi connectivity index (χ0) is 21.3. The summed E-state index contributed by atoms with van der Waals surface area (Å²) in [5.41, 5.74) is 0.956. The summed E-state index contributed by atoms with van der Waals surface area (Å²) in [7, 11) is -2.35. The van der Waals surface area contributed by atoms with Gasteiger partial charge in [-0.3, -0.25) is 9.78 Å². The molecule has 0 bridgehead atoms. The summed E-state index contributed by atoms with van der Waals surface area (Å²) >= 11 is 11.8. The molecule has 9 heteroatoms. The summed E-state index contributed by atoms with van der Waals surface area (Å²) in [5.74, 6) is -0.262. The molecule has 1 atom stereocenters. The molecule has 29 heavy (non-hydrogen) atoms. The lowest BCUT2D eigenvalue weighted by molar-refractivity contribution is -0.140. The highest BCUT2D eigenvalue weighted by Crippen LogP contribution is 2.26. The van der Waals surface area contributed by atoms with Crippen LogP contribution in [0.4, 0.5) is 0 Å². The minimum absolute atomic E-state index is 0.0422. The van der Waals surface area contributed by atoms with Gasteiger partial charge in [-0.15, -0.1) is 0 Å². The van der Waals surface area contributed by atoms with Gasteiger partial charge in [0, 0.05) is 25.4 Å². The molecular weight excluding hydrogens is 435 g/mol. The Morgan fingerprint density at radius 3 is 2.62 bits per heavy atom. The van der Waals surface area contributed by atoms with Crippen molar-refractivity contribution in [1.82, 2.24) is 9.71 Å². The molecule has 0 amide bonds. The van der Waals surface area contributed by atoms with Crippen LogP contribution in [0.1, 0.15) is 43.6 Å². The lowest BCUT2D eigenvalue weighted by atomic mass is 9.94. The van der Waals surface area contributed by atoms with Crippen LogP contribution in [0.25, 0.3) is 0 Å². The number of unbranched alkanes of at least 4 members (excludes halogenated alkanes) is 2. The first kappa shape index (κ1) is 23.6. The van der Waals surface area contributed by atoms with Crippen molar-refractivity contribution in [1.29, 1.82) is 0 Å². The maximum absolute atomic E-state index is 12.6. The van der Waals surface area contributed by atoms with Crippen LogP contribution in [0.2, 0.25) is 10.0 Å². The van der Waals surface area contributed by atoms with Crippen LogP contribution in [0.5, 0.6) is 0 Å². The van der Waals surface area contributed by atoms with Crippen molar-refractivity contribution < 1.29 is 17.9 Å². The Hall–Kier alpha value is -1.67. The Morgan fingerprint density at radius 1 is 1.17 bits per heavy atom. The van der Waals surface area contributed by atoms with Crippen LogP contribution in [0.3, 0.4) is 0 Å². The Bertz CT molecular complexity index is 908. The number of nitrogens with one attached hydrogen (secondary N) is 1. The van der Waals surface area contributed by atoms with Gasteiger partial charge >= 0.3 is 5.97 Å². The average Bonchev–Trinajstić information content (AvgIpc) is 2.72. The average molecular weight is 459 g/mol. The Kier molecular flexibility index (Phi) is 9.36. The third-order valence-corrected chi connectivity index (χ3v) is 6.70. The molecule has 1 aromatic carbocycles. The van der Waals surface area contributed by atoms with E-state index in [1.165, 1.54) is 25.3 Å². The topological polar surface area (TPSA) is 85.4 Å². The first-order valence-electron chi connectivity index (χ1n) is 9.25. The number of carbonyl (C=O) groups excluding carboxylic acids is 1. The van der Waals surface area contributed by atoms with Gasteiger partial charge in [-0.1, -0.05) is 42.1 Å². The summed E-state index contributed by atoms with van der Waals surface area (Å²) in [6.07, 6.45) is 7.01. The van der Waals surface area contributed by atoms with Gasteiger partial charge in [0.05, 0.1) is 22.1 Å². The van der Waals surface area contributed by atoms with Gasteiger partial charge in [0.1, 0.15) is 0 Å². The maximum Gasteiger partial charge on any atom is 0.305 e. The van der Waals surface area contributed by atoms with Crippen molar-refractivity contribution in [3.8, 4) is 0 Å². The molecule has 1 unspecified atom stereocenters. The number of methoxy groups -OCH3 is 1. The number of rotatable bonds is 11. The highest BCUT2D eigenvalue weighted by atomic mass is 35.5. The fourth-order valence-corrected chi connectivity index (χ4v) is 4.35. The highest BCUT2D eigenvalue weighted by Gasteiger charge is 2.19. The molecule has 1 heterocycles. The van der Waals surface area contributed by atoms with Gasteiger partial charge in [-0.2, -0.15) is 0 Å². The molecule has 6 nitrogen and oxygen atoms in total. The first-order chi connectivity index (χ1) is 13.8. The molecule has 0 saturated carbocycles. The van der Waals surface area contributed by atoms with Crippen LogP contribution in [-0.2, 0) is 19.6 Å². The lowest BCUT2D eigenvalue weighted by Gasteiger charge is -2.18. The van der Waals surface area contributed by atoms with E-state index in [1.807, 2.05) is 12.1 Å². The minimum atomic E-state index is -3.73. The smallest absolute Gasteiger partial charge is 0.305 e. The quantitative estimate of drug-likeness (QED) is 0.393. The molecule has 0 spiro atoms. The molecule has 0 radical (unpaired) electrons. The lowest BCUT2D eigenvalue weighted by Crippen LogP contribution is -2.28. The minimum Gasteiger partial charge on any atom is -0.469 e. The Balaban J connectivity index is 2.00. The summed E-state index contributed by atoms with van der Waals surface area (Å²) < 4.78 is 32.6. The third-order valence-electron chi connectivity index (χ3n) is 4.54. The van der Waals surface area contributed by atoms with Crippen LogP contribution < -0.4 is 4.72 Å². The zero-order valence-corrected chi connectivity index (χ0v) is 18.4. The van der Waals surface area contributed by atoms with Gasteiger partial charge in [0.15, 0.2) is 0 Å². The molecule has 0 aliphatic rings. The van der Waals surface area contributed by atoms with E-state index >= 15 is 0 Å². The summed E-state index contributed by atoms with van der Waals surface area (Å²) in [5, 5.41) is 0.481. The van der Waals surface area contributed by atoms with E-state index < -0.39 is 10.0 Å². The van der Waals surface area contributed by atoms with Crippen molar-refractivity contribution in [3.63, 3.8) is 0 Å². The van der Waals surface area contributed by atoms with Gasteiger partial charge < -0.3 is 4.74 Å². The summed E-state index contributed by atoms with van der Waals surface area (Å²) in [6, 6.07) is 7.96. The van der Waals surface area contributed by atoms with E-state index in [-0.39, 0.29) is 28.4 Å². The molecule has 0 aliphatic carbocycles. The number of benzene rings is 1. The standard InChI is InChI=1S/C20H24Cl2N2O4S/c1-28-20(25)8-4-2-3-6-16(15-7-5-11-23-13-15)14-24-29(26,27)17-9-10-18(21)19(22)12-17/h5,7,9-13,16,24H,2-4,6,8,14H2,1H3. The van der Waals surface area contributed by atoms with E-state index in [4.69, 9.17) is 23.2 Å². The van der Waals surface area contributed by atoms with E-state index in [1.54, 1.807) is 12.4 Å². The maximum atomic E-state index is 12.6. The van der Waals surface area contributed by atoms with E-state index in [2.05, 4.69) is 14.4 Å². The number of nitrogens with zero attached hydrogens (tertiary/aromatic N) is 1. The normalized spacial score (nSPS) is 12.5. The van der Waals surface area contributed by atoms with Crippen molar-refractivity contribution >= 4 is 39.2 Å². The molecule has 0 saturated heterocycles. The van der Waals surface area contributed by atoms with Crippen LogP contribution in [0, 0.1) is 0 Å². The van der Waals surface area contributed by atoms with Gasteiger partial charge in [-0.25, -0.2) is 13.1 Å². The summed E-state index contributed by atoms with van der Waals surface area (Å²) in [6.45, 7) is 0.227. The van der Waals surface area contributed by atoms with Gasteiger partial charge in [-0.05, 0) is 48.6 Å². The number of carbonyl (C=O) groups is 1. The molecule has 2 aromatic rings. The molecular formula is C20H24Cl2N2O4S. The number of sulfonamides is 1. The molecule has 0 fully saturated rings. The molecule has 0 aliphatic heterocycles. The van der Waals surface area contributed by atoms with Gasteiger partial charge in [0.2, 0.25) is 10.0 Å². The molecule has 158 valence electrons. The number of esters is 1. The van der Waals surface area contributed by atoms with E-state index in [0.717, 1.165) is 31.2 Å². The molecule has 1 aromatic heterocycles. The first-order valence-corrected chi connectivity index (χ1v) is 11.5. The Labute approximate surface area is 181 Å². The van der Waals surface area contributed by atoms with Crippen molar-refractivity contribution in [2.24, 2.45) is 0 Å². The van der Waals surface area contributed by atoms with E-state index in [0.29, 0.717) is 11.4 Å². The van der Waals surface area contributed by atoms with Crippen molar-refractivity contribution in [2.75, 3.05) is 13.7 Å². The predicted octanol–water partition coefficient (Wildman–Crippen LogP) is 4.57. The molecule has 1 N–H and O–H groups in total. The highest BCUT2D eigenvalue weighted by molar-refractivity contribution is 7.89. The van der Waals surface area contributed by atoms with Crippen LogP contribution in [-0.4, -0.2) is 33.0 Å². The third kappa shape index (κ3) is 7.59. The number of pyridine rings is 1. The summed E-state index contributed by atoms with van der Waals surface area (Å²) in [4.78, 5) is 15.4. The van der Waals surface area contributed by atoms with Gasteiger partial charge in [0.25, 0.3) is 0 Å². The Morgan fingerprint density at radius 2 is 1.97 bits per heavy atom. The van der Waals surface area contributed by atoms with Crippen LogP contribution in [0.15, 0.2) is 47.6 Å². The largest absolute Gasteiger partial charge is 0.469 e. The van der Waals surface area contributed by atoms with Crippen LogP contribution >= 0.6 is 23.2 Å². The monoisotopic (exact) mass is 458 g/mol. The predicted molar refractivity (Wildman–Crippen MR) is 114 cm³/mol. The fourth-order valence-electron chi connectivity index (χ4n) is 2.88. The second-order valence-electron chi connectivity index (χ2n) is 6.59. The second-order valence-corrected chi connectivity index (χ2v) is 9.17. The fraction of sp³-hybridized carbons (Fsp3) is 0.400. The number of aromatic nitrogens is 1. The van der Waals surface area contributed by atoms with Crippen molar-refractivity contribution in [3.05, 3.63) is 58.3 Å². The zero-order valence-electron chi connectivity index (χ0n) is 16.1. The number of halogens is 2. The SMILES string of the molecule is COC(=O)CCCCCC(CNS(=O)(=O)c1ccc(Cl)c(Cl)c1)c1cccnc1. The number of hydrogen-bond acceptors (Lipinski definition) is 5. The number of hydrogen-bond donors (Lipinski definition) is 1. The second kappa shape index (κ2) is 11.5. The molecule has 2 rings (SSSR count). The van der Waals surface area contributed by atoms with Crippen molar-refractivity contribution in [2.45, 2.75) is 42.9 Å².